The van der Waals surface area contributed by atoms with Crippen LogP contribution in [0.4, 0.5) is 5.00 Å². The minimum absolute atomic E-state index is 0.00587. The molecule has 7 heteroatoms. The summed E-state index contributed by atoms with van der Waals surface area (Å²) in [5, 5.41) is 3.57. The van der Waals surface area contributed by atoms with Crippen molar-refractivity contribution >= 4 is 51.4 Å². The van der Waals surface area contributed by atoms with E-state index in [1.807, 2.05) is 13.8 Å². The van der Waals surface area contributed by atoms with Crippen molar-refractivity contribution in [3.05, 3.63) is 26.6 Å². The average molecular weight is 402 g/mol. The van der Waals surface area contributed by atoms with E-state index in [1.165, 1.54) is 23.3 Å². The Kier molecular flexibility index (Phi) is 5.20. The fraction of sp³-hybridized carbons (Fsp3) is 0.556. The monoisotopic (exact) mass is 401 g/mol. The maximum Gasteiger partial charge on any atom is 0.341 e. The summed E-state index contributed by atoms with van der Waals surface area (Å²) in [6.07, 6.45) is 5.68. The van der Waals surface area contributed by atoms with E-state index in [0.717, 1.165) is 31.2 Å². The van der Waals surface area contributed by atoms with E-state index in [9.17, 15) is 9.59 Å². The first-order valence-electron chi connectivity index (χ1n) is 8.34. The first-order valence-corrected chi connectivity index (χ1v) is 9.91. The second-order valence-corrected chi connectivity index (χ2v) is 9.29. The molecule has 1 heterocycles. The van der Waals surface area contributed by atoms with E-state index in [4.69, 9.17) is 27.9 Å². The Morgan fingerprint density at radius 2 is 1.96 bits per heavy atom. The number of allylic oxidation sites excluding steroid dienone is 1. The molecule has 2 atom stereocenters. The highest BCUT2D eigenvalue weighted by Crippen LogP contribution is 2.60. The van der Waals surface area contributed by atoms with Crippen molar-refractivity contribution in [2.45, 2.75) is 39.5 Å². The Labute approximate surface area is 161 Å². The molecule has 2 aliphatic carbocycles. The standard InChI is InChI=1S/C18H21Cl2NO3S/c1-18(2)10(8-12(19)20)14(18)15(22)21-16-13(17(23)24-3)9-6-4-5-7-11(9)25-16/h8,10,14H,4-7H2,1-3H3,(H,21,22)/t10-,14+/m0/s1. The second-order valence-electron chi connectivity index (χ2n) is 7.18. The van der Waals surface area contributed by atoms with Crippen molar-refractivity contribution in [3.8, 4) is 0 Å². The van der Waals surface area contributed by atoms with Gasteiger partial charge in [0.2, 0.25) is 5.91 Å². The minimum Gasteiger partial charge on any atom is -0.465 e. The molecule has 0 unspecified atom stereocenters. The van der Waals surface area contributed by atoms with E-state index in [0.29, 0.717) is 10.6 Å². The Hall–Kier alpha value is -1.04. The van der Waals surface area contributed by atoms with Crippen LogP contribution >= 0.6 is 34.5 Å². The van der Waals surface area contributed by atoms with E-state index >= 15 is 0 Å². The number of halogens is 2. The maximum atomic E-state index is 12.8. The van der Waals surface area contributed by atoms with E-state index < -0.39 is 0 Å². The third-order valence-corrected chi connectivity index (χ3v) is 6.76. The van der Waals surface area contributed by atoms with Crippen LogP contribution in [0.25, 0.3) is 0 Å². The molecule has 4 nitrogen and oxygen atoms in total. The van der Waals surface area contributed by atoms with Crippen LogP contribution in [0.15, 0.2) is 10.6 Å². The zero-order chi connectivity index (χ0) is 18.4. The lowest BCUT2D eigenvalue weighted by Crippen LogP contribution is -2.18. The van der Waals surface area contributed by atoms with Gasteiger partial charge in [0.15, 0.2) is 0 Å². The first kappa shape index (κ1) is 18.7. The summed E-state index contributed by atoms with van der Waals surface area (Å²) in [6.45, 7) is 4.02. The smallest absolute Gasteiger partial charge is 0.341 e. The molecule has 0 spiro atoms. The molecule has 0 aromatic carbocycles. The zero-order valence-corrected chi connectivity index (χ0v) is 16.8. The van der Waals surface area contributed by atoms with Crippen LogP contribution in [0.5, 0.6) is 0 Å². The minimum atomic E-state index is -0.384. The summed E-state index contributed by atoms with van der Waals surface area (Å²) in [6, 6.07) is 0. The molecule has 0 aliphatic heterocycles. The Morgan fingerprint density at radius 1 is 1.28 bits per heavy atom. The molecule has 1 aromatic heterocycles. The topological polar surface area (TPSA) is 55.4 Å². The summed E-state index contributed by atoms with van der Waals surface area (Å²) >= 11 is 13.0. The number of ether oxygens (including phenoxy) is 1. The molecule has 0 bridgehead atoms. The number of carbonyl (C=O) groups excluding carboxylic acids is 2. The van der Waals surface area contributed by atoms with Crippen molar-refractivity contribution < 1.29 is 14.3 Å². The molecule has 0 saturated heterocycles. The van der Waals surface area contributed by atoms with Gasteiger partial charge in [-0.15, -0.1) is 11.3 Å². The van der Waals surface area contributed by atoms with Gasteiger partial charge in [-0.05, 0) is 48.7 Å². The Bertz CT molecular complexity index is 750. The lowest BCUT2D eigenvalue weighted by atomic mass is 9.95. The van der Waals surface area contributed by atoms with E-state index in [2.05, 4.69) is 5.32 Å². The largest absolute Gasteiger partial charge is 0.465 e. The van der Waals surface area contributed by atoms with Gasteiger partial charge >= 0.3 is 5.97 Å². The number of nitrogens with one attached hydrogen (secondary N) is 1. The van der Waals surface area contributed by atoms with Gasteiger partial charge in [0.25, 0.3) is 0 Å². The summed E-state index contributed by atoms with van der Waals surface area (Å²) in [5.41, 5.74) is 1.35. The molecular formula is C18H21Cl2NO3S. The molecule has 25 heavy (non-hydrogen) atoms. The molecule has 2 aliphatic rings. The van der Waals surface area contributed by atoms with Gasteiger partial charge < -0.3 is 10.1 Å². The van der Waals surface area contributed by atoms with Gasteiger partial charge in [-0.1, -0.05) is 37.0 Å². The van der Waals surface area contributed by atoms with Crippen molar-refractivity contribution in [2.75, 3.05) is 12.4 Å². The van der Waals surface area contributed by atoms with Gasteiger partial charge in [-0.2, -0.15) is 0 Å². The van der Waals surface area contributed by atoms with Gasteiger partial charge in [-0.3, -0.25) is 4.79 Å². The number of methoxy groups -OCH3 is 1. The van der Waals surface area contributed by atoms with E-state index in [1.54, 1.807) is 6.08 Å². The van der Waals surface area contributed by atoms with Gasteiger partial charge in [0, 0.05) is 4.88 Å². The predicted molar refractivity (Wildman–Crippen MR) is 101 cm³/mol. The van der Waals surface area contributed by atoms with Crippen molar-refractivity contribution in [2.24, 2.45) is 17.3 Å². The number of amides is 1. The van der Waals surface area contributed by atoms with Crippen molar-refractivity contribution in [3.63, 3.8) is 0 Å². The highest BCUT2D eigenvalue weighted by molar-refractivity contribution is 7.17. The summed E-state index contributed by atoms with van der Waals surface area (Å²) in [4.78, 5) is 26.2. The summed E-state index contributed by atoms with van der Waals surface area (Å²) in [5.74, 6) is -0.715. The number of hydrogen-bond acceptors (Lipinski definition) is 4. The lowest BCUT2D eigenvalue weighted by Gasteiger charge is -2.11. The van der Waals surface area contributed by atoms with Crippen LogP contribution in [0, 0.1) is 17.3 Å². The van der Waals surface area contributed by atoms with Crippen LogP contribution in [0.3, 0.4) is 0 Å². The first-order chi connectivity index (χ1) is 11.8. The third-order valence-electron chi connectivity index (χ3n) is 5.30. The number of hydrogen-bond donors (Lipinski definition) is 1. The molecule has 1 saturated carbocycles. The van der Waals surface area contributed by atoms with Gasteiger partial charge in [-0.25, -0.2) is 4.79 Å². The number of carbonyl (C=O) groups is 2. The van der Waals surface area contributed by atoms with Gasteiger partial charge in [0.1, 0.15) is 9.49 Å². The fourth-order valence-corrected chi connectivity index (χ4v) is 5.34. The third kappa shape index (κ3) is 3.46. The van der Waals surface area contributed by atoms with Crippen LogP contribution < -0.4 is 5.32 Å². The number of thiophene rings is 1. The van der Waals surface area contributed by atoms with E-state index in [-0.39, 0.29) is 33.6 Å². The molecule has 1 N–H and O–H groups in total. The van der Waals surface area contributed by atoms with Crippen LogP contribution in [-0.2, 0) is 22.4 Å². The molecular weight excluding hydrogens is 381 g/mol. The van der Waals surface area contributed by atoms with Crippen LogP contribution in [0.2, 0.25) is 0 Å². The number of aryl methyl sites for hydroxylation is 1. The molecule has 136 valence electrons. The fourth-order valence-electron chi connectivity index (χ4n) is 3.79. The zero-order valence-electron chi connectivity index (χ0n) is 14.4. The summed E-state index contributed by atoms with van der Waals surface area (Å²) in [7, 11) is 1.37. The second kappa shape index (κ2) is 6.93. The molecule has 1 amide bonds. The molecule has 3 rings (SSSR count). The summed E-state index contributed by atoms with van der Waals surface area (Å²) < 4.78 is 5.12. The molecule has 1 fully saturated rings. The normalized spacial score (nSPS) is 23.4. The van der Waals surface area contributed by atoms with Crippen molar-refractivity contribution in [1.29, 1.82) is 0 Å². The Balaban J connectivity index is 1.86. The highest BCUT2D eigenvalue weighted by atomic mass is 35.5. The SMILES string of the molecule is COC(=O)c1c(NC(=O)[C@H]2[C@H](C=C(Cl)Cl)C2(C)C)sc2c1CCCC2. The number of rotatable bonds is 4. The quantitative estimate of drug-likeness (QED) is 0.726. The number of anilines is 1. The average Bonchev–Trinajstić information content (AvgIpc) is 2.90. The Morgan fingerprint density at radius 3 is 2.60 bits per heavy atom. The van der Waals surface area contributed by atoms with Crippen molar-refractivity contribution in [1.82, 2.24) is 0 Å². The van der Waals surface area contributed by atoms with Crippen LogP contribution in [-0.4, -0.2) is 19.0 Å². The highest BCUT2D eigenvalue weighted by Gasteiger charge is 2.60. The predicted octanol–water partition coefficient (Wildman–Crippen LogP) is 4.94. The number of esters is 1. The molecule has 0 radical (unpaired) electrons. The maximum absolute atomic E-state index is 12.8. The molecule has 1 aromatic rings. The van der Waals surface area contributed by atoms with Crippen LogP contribution in [0.1, 0.15) is 47.5 Å². The van der Waals surface area contributed by atoms with Gasteiger partial charge in [0.05, 0.1) is 18.6 Å². The number of fused-ring (bicyclic) bond motifs is 1. The lowest BCUT2D eigenvalue weighted by molar-refractivity contribution is -0.118.